The molecule has 300 valence electrons. The minimum Gasteiger partial charge on any atom is -0.338 e. The van der Waals surface area contributed by atoms with Gasteiger partial charge in [-0.15, -0.1) is 0 Å². The number of carbonyl (C=O) groups is 2. The van der Waals surface area contributed by atoms with Gasteiger partial charge in [0, 0.05) is 24.5 Å². The summed E-state index contributed by atoms with van der Waals surface area (Å²) in [5.74, 6) is 0. The Bertz CT molecular complexity index is 1060. The number of amides is 4. The zero-order chi connectivity index (χ0) is 38.2. The molecule has 2 aromatic rings. The highest BCUT2D eigenvalue weighted by Gasteiger charge is 2.09. The maximum atomic E-state index is 12.6. The fourth-order valence-electron chi connectivity index (χ4n) is 6.73. The van der Waals surface area contributed by atoms with Crippen molar-refractivity contribution in [3.8, 4) is 0 Å². The Morgan fingerprint density at radius 1 is 0.415 bits per heavy atom. The smallest absolute Gasteiger partial charge is 0.319 e. The fraction of sp³-hybridized carbons (Fsp3) is 0.689. The van der Waals surface area contributed by atoms with Crippen molar-refractivity contribution in [1.29, 1.82) is 0 Å². The molecule has 0 unspecified atom stereocenters. The Balaban J connectivity index is 1.67. The van der Waals surface area contributed by atoms with E-state index < -0.39 is 0 Å². The maximum absolute atomic E-state index is 12.6. The van der Waals surface area contributed by atoms with E-state index in [-0.39, 0.29) is 12.1 Å². The lowest BCUT2D eigenvalue weighted by Crippen LogP contribution is -2.33. The average Bonchev–Trinajstić information content (AvgIpc) is 3.16. The van der Waals surface area contributed by atoms with Gasteiger partial charge in [-0.1, -0.05) is 129 Å². The number of unbranched alkanes of at least 4 members (excludes halogenated alkanes) is 12. The first-order valence-electron chi connectivity index (χ1n) is 21.7. The van der Waals surface area contributed by atoms with Crippen LogP contribution >= 0.6 is 0 Å². The van der Waals surface area contributed by atoms with Gasteiger partial charge in [-0.2, -0.15) is 0 Å². The molecule has 0 atom stereocenters. The topological polar surface area (TPSA) is 88.7 Å². The van der Waals surface area contributed by atoms with Gasteiger partial charge in [0.05, 0.1) is 0 Å². The molecular formula is C45H78N6O2. The van der Waals surface area contributed by atoms with Crippen molar-refractivity contribution in [1.82, 2.24) is 20.4 Å². The summed E-state index contributed by atoms with van der Waals surface area (Å²) >= 11 is 0. The number of hydrogen-bond donors (Lipinski definition) is 4. The van der Waals surface area contributed by atoms with Gasteiger partial charge in [-0.3, -0.25) is 0 Å². The molecule has 0 aliphatic heterocycles. The van der Waals surface area contributed by atoms with E-state index >= 15 is 0 Å². The normalized spacial score (nSPS) is 11.3. The molecule has 0 saturated carbocycles. The SMILES string of the molecule is CCCCCCN(CCCCCC)CCCNC(=O)Nc1ccc(Cc2ccc(NC(=O)NCCCN(CCCCCC)CCCCCC)cc2)cc1. The lowest BCUT2D eigenvalue weighted by atomic mass is 10.0. The highest BCUT2D eigenvalue weighted by Crippen LogP contribution is 2.16. The Labute approximate surface area is 325 Å². The fourth-order valence-corrected chi connectivity index (χ4v) is 6.73. The molecule has 53 heavy (non-hydrogen) atoms. The van der Waals surface area contributed by atoms with Crippen LogP contribution in [0.1, 0.15) is 154 Å². The molecule has 0 aliphatic rings. The van der Waals surface area contributed by atoms with E-state index in [2.05, 4.69) is 83.0 Å². The van der Waals surface area contributed by atoms with Gasteiger partial charge in [0.15, 0.2) is 0 Å². The van der Waals surface area contributed by atoms with E-state index in [1.165, 1.54) is 129 Å². The second kappa shape index (κ2) is 31.3. The van der Waals surface area contributed by atoms with Crippen LogP contribution in [0, 0.1) is 0 Å². The third kappa shape index (κ3) is 24.0. The van der Waals surface area contributed by atoms with Crippen LogP contribution in [-0.4, -0.2) is 74.2 Å². The van der Waals surface area contributed by atoms with Crippen LogP contribution in [0.4, 0.5) is 21.0 Å². The van der Waals surface area contributed by atoms with Crippen LogP contribution in [-0.2, 0) is 6.42 Å². The van der Waals surface area contributed by atoms with E-state index in [9.17, 15) is 9.59 Å². The predicted octanol–water partition coefficient (Wildman–Crippen LogP) is 11.2. The number of nitrogens with zero attached hydrogens (tertiary/aromatic N) is 2. The Morgan fingerprint density at radius 3 is 1.02 bits per heavy atom. The van der Waals surface area contributed by atoms with Crippen molar-refractivity contribution < 1.29 is 9.59 Å². The lowest BCUT2D eigenvalue weighted by Gasteiger charge is -2.22. The minimum absolute atomic E-state index is 0.153. The molecule has 0 fully saturated rings. The number of benzene rings is 2. The first-order valence-corrected chi connectivity index (χ1v) is 21.7. The number of nitrogens with one attached hydrogen (secondary N) is 4. The van der Waals surface area contributed by atoms with Crippen LogP contribution in [0.25, 0.3) is 0 Å². The molecule has 0 spiro atoms. The van der Waals surface area contributed by atoms with Crippen molar-refractivity contribution in [2.75, 3.05) is 63.0 Å². The van der Waals surface area contributed by atoms with Crippen LogP contribution in [0.3, 0.4) is 0 Å². The van der Waals surface area contributed by atoms with E-state index in [0.717, 1.165) is 54.9 Å². The first-order chi connectivity index (χ1) is 26.0. The first kappa shape index (κ1) is 46.1. The zero-order valence-electron chi connectivity index (χ0n) is 34.4. The third-order valence-corrected chi connectivity index (χ3v) is 10.0. The molecule has 0 saturated heterocycles. The van der Waals surface area contributed by atoms with Gasteiger partial charge in [-0.25, -0.2) is 9.59 Å². The average molecular weight is 735 g/mol. The summed E-state index contributed by atoms with van der Waals surface area (Å²) in [6.45, 7) is 17.1. The second-order valence-corrected chi connectivity index (χ2v) is 15.0. The molecule has 0 aromatic heterocycles. The van der Waals surface area contributed by atoms with Crippen LogP contribution in [0.15, 0.2) is 48.5 Å². The molecule has 4 amide bonds. The lowest BCUT2D eigenvalue weighted by molar-refractivity contribution is 0.244. The number of hydrogen-bond acceptors (Lipinski definition) is 4. The third-order valence-electron chi connectivity index (χ3n) is 10.0. The summed E-state index contributed by atoms with van der Waals surface area (Å²) in [5, 5.41) is 12.0. The molecule has 2 aromatic carbocycles. The zero-order valence-corrected chi connectivity index (χ0v) is 34.4. The summed E-state index contributed by atoms with van der Waals surface area (Å²) in [6, 6.07) is 15.8. The molecule has 0 heterocycles. The summed E-state index contributed by atoms with van der Waals surface area (Å²) in [5.41, 5.74) is 3.91. The molecule has 0 radical (unpaired) electrons. The van der Waals surface area contributed by atoms with Crippen molar-refractivity contribution in [2.45, 2.75) is 150 Å². The standard InChI is InChI=1S/C45H78N6O2/c1-5-9-13-17-33-50(34-18-14-10-6-2)37-21-31-46-44(52)48-42-27-23-40(24-28-42)39-41-25-29-43(30-26-41)49-45(53)47-32-22-38-51(35-19-15-11-7-3)36-20-16-12-8-4/h23-30H,5-22,31-39H2,1-4H3,(H2,46,48,52)(H2,47,49,53). The van der Waals surface area contributed by atoms with Crippen LogP contribution in [0.2, 0.25) is 0 Å². The Hall–Kier alpha value is -3.10. The van der Waals surface area contributed by atoms with Gasteiger partial charge in [-0.05, 0) is 120 Å². The van der Waals surface area contributed by atoms with Crippen molar-refractivity contribution >= 4 is 23.4 Å². The number of urea groups is 2. The number of anilines is 2. The van der Waals surface area contributed by atoms with E-state index in [0.29, 0.717) is 13.1 Å². The molecule has 2 rings (SSSR count). The van der Waals surface area contributed by atoms with E-state index in [1.807, 2.05) is 24.3 Å². The molecular weight excluding hydrogens is 657 g/mol. The van der Waals surface area contributed by atoms with Gasteiger partial charge >= 0.3 is 12.1 Å². The summed E-state index contributed by atoms with van der Waals surface area (Å²) in [6.07, 6.45) is 23.4. The van der Waals surface area contributed by atoms with Gasteiger partial charge in [0.25, 0.3) is 0 Å². The summed E-state index contributed by atoms with van der Waals surface area (Å²) in [4.78, 5) is 30.3. The highest BCUT2D eigenvalue weighted by atomic mass is 16.2. The number of rotatable bonds is 32. The molecule has 8 nitrogen and oxygen atoms in total. The highest BCUT2D eigenvalue weighted by molar-refractivity contribution is 5.89. The quantitative estimate of drug-likeness (QED) is 0.0564. The summed E-state index contributed by atoms with van der Waals surface area (Å²) in [7, 11) is 0. The van der Waals surface area contributed by atoms with Crippen molar-refractivity contribution in [3.63, 3.8) is 0 Å². The van der Waals surface area contributed by atoms with E-state index in [4.69, 9.17) is 0 Å². The second-order valence-electron chi connectivity index (χ2n) is 15.0. The molecule has 4 N–H and O–H groups in total. The number of carbonyl (C=O) groups excluding carboxylic acids is 2. The molecule has 8 heteroatoms. The Morgan fingerprint density at radius 2 is 0.717 bits per heavy atom. The van der Waals surface area contributed by atoms with Gasteiger partial charge in [0.1, 0.15) is 0 Å². The molecule has 0 bridgehead atoms. The Kier molecular flexibility index (Phi) is 27.2. The molecule has 0 aliphatic carbocycles. The van der Waals surface area contributed by atoms with Crippen molar-refractivity contribution in [3.05, 3.63) is 59.7 Å². The van der Waals surface area contributed by atoms with Gasteiger partial charge in [0.2, 0.25) is 0 Å². The van der Waals surface area contributed by atoms with Crippen LogP contribution in [0.5, 0.6) is 0 Å². The largest absolute Gasteiger partial charge is 0.338 e. The summed E-state index contributed by atoms with van der Waals surface area (Å²) < 4.78 is 0. The predicted molar refractivity (Wildman–Crippen MR) is 228 cm³/mol. The maximum Gasteiger partial charge on any atom is 0.319 e. The minimum atomic E-state index is -0.153. The van der Waals surface area contributed by atoms with Crippen molar-refractivity contribution in [2.24, 2.45) is 0 Å². The van der Waals surface area contributed by atoms with E-state index in [1.54, 1.807) is 0 Å². The monoisotopic (exact) mass is 735 g/mol. The van der Waals surface area contributed by atoms with Crippen LogP contribution < -0.4 is 21.3 Å². The van der Waals surface area contributed by atoms with Gasteiger partial charge < -0.3 is 31.1 Å².